The van der Waals surface area contributed by atoms with Crippen LogP contribution in [-0.2, 0) is 4.79 Å². The molecule has 1 rings (SSSR count). The Kier molecular flexibility index (Phi) is 5.37. The molecule has 0 aliphatic rings. The van der Waals surface area contributed by atoms with Gasteiger partial charge in [-0.2, -0.15) is 0 Å². The molecule has 0 spiro atoms. The Balaban J connectivity index is 2.81. The molecule has 3 N–H and O–H groups in total. The van der Waals surface area contributed by atoms with Crippen LogP contribution in [-0.4, -0.2) is 43.5 Å². The fraction of sp³-hybridized carbons (Fsp3) is 0.429. The van der Waals surface area contributed by atoms with Crippen molar-refractivity contribution >= 4 is 17.5 Å². The van der Waals surface area contributed by atoms with Crippen LogP contribution in [0.4, 0.5) is 5.69 Å². The van der Waals surface area contributed by atoms with Crippen LogP contribution in [0.2, 0.25) is 0 Å². The molecule has 6 heteroatoms. The van der Waals surface area contributed by atoms with Gasteiger partial charge in [0.15, 0.2) is 0 Å². The Bertz CT molecular complexity index is 500. The van der Waals surface area contributed by atoms with Crippen molar-refractivity contribution in [2.24, 2.45) is 0 Å². The second kappa shape index (κ2) is 6.79. The van der Waals surface area contributed by atoms with E-state index in [0.29, 0.717) is 17.0 Å². The first-order valence-corrected chi connectivity index (χ1v) is 6.33. The lowest BCUT2D eigenvalue weighted by Crippen LogP contribution is -2.41. The Hall–Kier alpha value is -2.24. The molecule has 2 amide bonds. The lowest BCUT2D eigenvalue weighted by Gasteiger charge is -2.19. The molecule has 0 bridgehead atoms. The molecule has 0 atom stereocenters. The minimum atomic E-state index is -0.319. The molecule has 110 valence electrons. The molecular weight excluding hydrogens is 258 g/mol. The summed E-state index contributed by atoms with van der Waals surface area (Å²) in [5.74, 6) is 0.0141. The normalized spacial score (nSPS) is 10.2. The average Bonchev–Trinajstić information content (AvgIpc) is 2.37. The largest absolute Gasteiger partial charge is 0.497 e. The van der Waals surface area contributed by atoms with E-state index in [0.717, 1.165) is 0 Å². The van der Waals surface area contributed by atoms with Gasteiger partial charge in [-0.05, 0) is 32.0 Å². The molecule has 0 aliphatic heterocycles. The van der Waals surface area contributed by atoms with Crippen LogP contribution in [0.25, 0.3) is 0 Å². The second-order valence-corrected chi connectivity index (χ2v) is 4.84. The minimum Gasteiger partial charge on any atom is -0.497 e. The highest BCUT2D eigenvalue weighted by atomic mass is 16.5. The van der Waals surface area contributed by atoms with Crippen molar-refractivity contribution in [3.8, 4) is 5.75 Å². The zero-order chi connectivity index (χ0) is 15.3. The predicted molar refractivity (Wildman–Crippen MR) is 77.6 cm³/mol. The van der Waals surface area contributed by atoms with Gasteiger partial charge in [0.1, 0.15) is 5.75 Å². The topological polar surface area (TPSA) is 84.7 Å². The van der Waals surface area contributed by atoms with Gasteiger partial charge in [0.25, 0.3) is 5.91 Å². The summed E-state index contributed by atoms with van der Waals surface area (Å²) in [6.07, 6.45) is 0. The maximum absolute atomic E-state index is 12.3. The number of likely N-dealkylation sites (N-methyl/N-ethyl adjacent to an activating group) is 1. The molecule has 1 aromatic carbocycles. The van der Waals surface area contributed by atoms with Gasteiger partial charge in [-0.25, -0.2) is 0 Å². The lowest BCUT2D eigenvalue weighted by molar-refractivity contribution is -0.122. The van der Waals surface area contributed by atoms with Gasteiger partial charge in [-0.15, -0.1) is 0 Å². The third kappa shape index (κ3) is 4.15. The molecule has 6 nitrogen and oxygen atoms in total. The van der Waals surface area contributed by atoms with Crippen LogP contribution < -0.4 is 15.8 Å². The van der Waals surface area contributed by atoms with Crippen molar-refractivity contribution in [1.82, 2.24) is 10.2 Å². The highest BCUT2D eigenvalue weighted by Crippen LogP contribution is 2.20. The summed E-state index contributed by atoms with van der Waals surface area (Å²) >= 11 is 0. The van der Waals surface area contributed by atoms with Crippen LogP contribution in [0.3, 0.4) is 0 Å². The van der Waals surface area contributed by atoms with E-state index in [1.54, 1.807) is 25.2 Å². The lowest BCUT2D eigenvalue weighted by atomic mass is 10.1. The first-order chi connectivity index (χ1) is 9.35. The van der Waals surface area contributed by atoms with Crippen molar-refractivity contribution in [3.63, 3.8) is 0 Å². The van der Waals surface area contributed by atoms with E-state index in [1.165, 1.54) is 12.0 Å². The number of amides is 2. The average molecular weight is 279 g/mol. The number of anilines is 1. The smallest absolute Gasteiger partial charge is 0.256 e. The Morgan fingerprint density at radius 3 is 2.60 bits per heavy atom. The van der Waals surface area contributed by atoms with Crippen LogP contribution >= 0.6 is 0 Å². The van der Waals surface area contributed by atoms with Crippen molar-refractivity contribution in [2.45, 2.75) is 19.9 Å². The van der Waals surface area contributed by atoms with Gasteiger partial charge in [0, 0.05) is 18.8 Å². The summed E-state index contributed by atoms with van der Waals surface area (Å²) in [6, 6.07) is 4.88. The summed E-state index contributed by atoms with van der Waals surface area (Å²) in [4.78, 5) is 25.2. The summed E-state index contributed by atoms with van der Waals surface area (Å²) in [5.41, 5.74) is 6.47. The molecule has 0 radical (unpaired) electrons. The predicted octanol–water partition coefficient (Wildman–Crippen LogP) is 0.874. The highest BCUT2D eigenvalue weighted by Gasteiger charge is 2.18. The van der Waals surface area contributed by atoms with Crippen molar-refractivity contribution in [2.75, 3.05) is 26.4 Å². The van der Waals surface area contributed by atoms with E-state index in [2.05, 4.69) is 5.32 Å². The van der Waals surface area contributed by atoms with E-state index in [-0.39, 0.29) is 24.4 Å². The van der Waals surface area contributed by atoms with E-state index < -0.39 is 0 Å². The van der Waals surface area contributed by atoms with E-state index in [1.807, 2.05) is 13.8 Å². The van der Waals surface area contributed by atoms with Crippen LogP contribution in [0, 0.1) is 0 Å². The highest BCUT2D eigenvalue weighted by molar-refractivity contribution is 6.00. The van der Waals surface area contributed by atoms with Crippen LogP contribution in [0.5, 0.6) is 5.75 Å². The number of carbonyl (C=O) groups is 2. The van der Waals surface area contributed by atoms with E-state index >= 15 is 0 Å². The van der Waals surface area contributed by atoms with E-state index in [4.69, 9.17) is 10.5 Å². The van der Waals surface area contributed by atoms with Gasteiger partial charge < -0.3 is 20.7 Å². The number of ether oxygens (including phenoxy) is 1. The third-order valence-corrected chi connectivity index (χ3v) is 2.67. The van der Waals surface area contributed by atoms with Gasteiger partial charge in [0.2, 0.25) is 5.91 Å². The molecule has 0 aliphatic carbocycles. The number of rotatable bonds is 5. The zero-order valence-corrected chi connectivity index (χ0v) is 12.3. The molecule has 1 aromatic rings. The van der Waals surface area contributed by atoms with Gasteiger partial charge in [-0.3, -0.25) is 9.59 Å². The molecular formula is C14H21N3O3. The number of benzene rings is 1. The summed E-state index contributed by atoms with van der Waals surface area (Å²) in [6.45, 7) is 3.70. The van der Waals surface area contributed by atoms with Gasteiger partial charge in [-0.1, -0.05) is 0 Å². The maximum atomic E-state index is 12.3. The number of hydrogen-bond acceptors (Lipinski definition) is 4. The summed E-state index contributed by atoms with van der Waals surface area (Å²) in [5, 5.41) is 2.73. The number of carbonyl (C=O) groups excluding carboxylic acids is 2. The maximum Gasteiger partial charge on any atom is 0.256 e. The Morgan fingerprint density at radius 2 is 2.05 bits per heavy atom. The molecule has 0 heterocycles. The Labute approximate surface area is 118 Å². The van der Waals surface area contributed by atoms with Crippen LogP contribution in [0.1, 0.15) is 24.2 Å². The number of hydrogen-bond donors (Lipinski definition) is 2. The van der Waals surface area contributed by atoms with Crippen LogP contribution in [0.15, 0.2) is 18.2 Å². The molecule has 0 saturated carbocycles. The quantitative estimate of drug-likeness (QED) is 0.783. The number of nitrogens with two attached hydrogens (primary N) is 1. The Morgan fingerprint density at radius 1 is 1.40 bits per heavy atom. The standard InChI is InChI=1S/C14H21N3O3/c1-9(2)16-13(18)8-17(3)14(19)11-7-10(20-4)5-6-12(11)15/h5-7,9H,8,15H2,1-4H3,(H,16,18). The zero-order valence-electron chi connectivity index (χ0n) is 12.3. The SMILES string of the molecule is COc1ccc(N)c(C(=O)N(C)CC(=O)NC(C)C)c1. The first-order valence-electron chi connectivity index (χ1n) is 6.33. The van der Waals surface area contributed by atoms with Crippen molar-refractivity contribution < 1.29 is 14.3 Å². The van der Waals surface area contributed by atoms with Crippen molar-refractivity contribution in [1.29, 1.82) is 0 Å². The number of nitrogens with one attached hydrogen (secondary N) is 1. The molecule has 0 saturated heterocycles. The molecule has 0 fully saturated rings. The summed E-state index contributed by atoms with van der Waals surface area (Å²) < 4.78 is 5.07. The van der Waals surface area contributed by atoms with E-state index in [9.17, 15) is 9.59 Å². The molecule has 0 aromatic heterocycles. The number of nitrogens with zero attached hydrogens (tertiary/aromatic N) is 1. The first kappa shape index (κ1) is 15.8. The minimum absolute atomic E-state index is 0.0202. The number of methoxy groups -OCH3 is 1. The summed E-state index contributed by atoms with van der Waals surface area (Å²) in [7, 11) is 3.07. The van der Waals surface area contributed by atoms with Gasteiger partial charge >= 0.3 is 0 Å². The fourth-order valence-electron chi connectivity index (χ4n) is 1.71. The van der Waals surface area contributed by atoms with Gasteiger partial charge in [0.05, 0.1) is 19.2 Å². The third-order valence-electron chi connectivity index (χ3n) is 2.67. The second-order valence-electron chi connectivity index (χ2n) is 4.84. The number of nitrogen functional groups attached to an aromatic ring is 1. The molecule has 0 unspecified atom stereocenters. The molecule has 20 heavy (non-hydrogen) atoms. The fourth-order valence-corrected chi connectivity index (χ4v) is 1.71. The monoisotopic (exact) mass is 279 g/mol. The van der Waals surface area contributed by atoms with Crippen molar-refractivity contribution in [3.05, 3.63) is 23.8 Å².